The highest BCUT2D eigenvalue weighted by Crippen LogP contribution is 2.23. The Bertz CT molecular complexity index is 697. The highest BCUT2D eigenvalue weighted by Gasteiger charge is 2.24. The first-order chi connectivity index (χ1) is 10.1. The van der Waals surface area contributed by atoms with Gasteiger partial charge in [0.15, 0.2) is 0 Å². The van der Waals surface area contributed by atoms with E-state index in [9.17, 15) is 9.59 Å². The van der Waals surface area contributed by atoms with Crippen LogP contribution in [-0.4, -0.2) is 59.4 Å². The zero-order chi connectivity index (χ0) is 15.0. The fourth-order valence-corrected chi connectivity index (χ4v) is 2.79. The minimum atomic E-state index is -0.0800. The van der Waals surface area contributed by atoms with Crippen molar-refractivity contribution in [2.45, 2.75) is 6.92 Å². The van der Waals surface area contributed by atoms with Crippen molar-refractivity contribution >= 4 is 22.7 Å². The molecule has 0 atom stereocenters. The van der Waals surface area contributed by atoms with E-state index in [2.05, 4.69) is 11.9 Å². The van der Waals surface area contributed by atoms with E-state index in [1.807, 2.05) is 29.2 Å². The SMILES string of the molecule is CC(=O)n1cc(C(=O)N2CCN(C)CC2)c2ccccc21. The highest BCUT2D eigenvalue weighted by molar-refractivity contribution is 6.09. The van der Waals surface area contributed by atoms with Gasteiger partial charge in [0.05, 0.1) is 11.1 Å². The normalized spacial score (nSPS) is 16.4. The average molecular weight is 285 g/mol. The van der Waals surface area contributed by atoms with Gasteiger partial charge < -0.3 is 9.80 Å². The topological polar surface area (TPSA) is 45.6 Å². The molecule has 0 spiro atoms. The molecule has 0 aliphatic carbocycles. The Labute approximate surface area is 123 Å². The number of aromatic nitrogens is 1. The van der Waals surface area contributed by atoms with Crippen molar-refractivity contribution in [2.75, 3.05) is 33.2 Å². The van der Waals surface area contributed by atoms with Crippen LogP contribution in [0.3, 0.4) is 0 Å². The van der Waals surface area contributed by atoms with Gasteiger partial charge in [0, 0.05) is 44.7 Å². The van der Waals surface area contributed by atoms with Crippen LogP contribution in [0.15, 0.2) is 30.5 Å². The van der Waals surface area contributed by atoms with Gasteiger partial charge in [-0.05, 0) is 13.1 Å². The number of amides is 1. The molecule has 1 saturated heterocycles. The second-order valence-electron chi connectivity index (χ2n) is 5.54. The van der Waals surface area contributed by atoms with E-state index in [4.69, 9.17) is 0 Å². The summed E-state index contributed by atoms with van der Waals surface area (Å²) >= 11 is 0. The summed E-state index contributed by atoms with van der Waals surface area (Å²) in [5, 5.41) is 0.844. The largest absolute Gasteiger partial charge is 0.336 e. The van der Waals surface area contributed by atoms with Gasteiger partial charge in [0.25, 0.3) is 5.91 Å². The summed E-state index contributed by atoms with van der Waals surface area (Å²) in [6.07, 6.45) is 1.67. The summed E-state index contributed by atoms with van der Waals surface area (Å²) in [7, 11) is 2.06. The molecule has 1 aromatic heterocycles. The van der Waals surface area contributed by atoms with Crippen molar-refractivity contribution in [2.24, 2.45) is 0 Å². The quantitative estimate of drug-likeness (QED) is 0.801. The van der Waals surface area contributed by atoms with Crippen LogP contribution in [-0.2, 0) is 0 Å². The zero-order valence-corrected chi connectivity index (χ0v) is 12.4. The lowest BCUT2D eigenvalue weighted by Gasteiger charge is -2.32. The van der Waals surface area contributed by atoms with Crippen molar-refractivity contribution in [1.29, 1.82) is 0 Å². The molecule has 0 saturated carbocycles. The number of nitrogens with zero attached hydrogens (tertiary/aromatic N) is 3. The van der Waals surface area contributed by atoms with Gasteiger partial charge in [-0.15, -0.1) is 0 Å². The van der Waals surface area contributed by atoms with Crippen LogP contribution in [0.25, 0.3) is 10.9 Å². The number of rotatable bonds is 1. The van der Waals surface area contributed by atoms with Crippen molar-refractivity contribution in [1.82, 2.24) is 14.4 Å². The molecule has 1 fully saturated rings. The minimum absolute atomic E-state index is 0.0132. The number of fused-ring (bicyclic) bond motifs is 1. The van der Waals surface area contributed by atoms with Crippen LogP contribution in [0.2, 0.25) is 0 Å². The van der Waals surface area contributed by atoms with Gasteiger partial charge in [-0.2, -0.15) is 0 Å². The Kier molecular flexibility index (Phi) is 3.51. The van der Waals surface area contributed by atoms with Gasteiger partial charge in [-0.3, -0.25) is 14.2 Å². The summed E-state index contributed by atoms with van der Waals surface area (Å²) in [4.78, 5) is 28.6. The van der Waals surface area contributed by atoms with Gasteiger partial charge >= 0.3 is 0 Å². The van der Waals surface area contributed by atoms with E-state index in [1.165, 1.54) is 6.92 Å². The number of carbonyl (C=O) groups excluding carboxylic acids is 2. The van der Waals surface area contributed by atoms with E-state index in [0.717, 1.165) is 37.1 Å². The Morgan fingerprint density at radius 3 is 2.38 bits per heavy atom. The zero-order valence-electron chi connectivity index (χ0n) is 12.4. The van der Waals surface area contributed by atoms with E-state index in [1.54, 1.807) is 10.8 Å². The number of carbonyl (C=O) groups is 2. The third-order valence-corrected chi connectivity index (χ3v) is 4.07. The molecular weight excluding hydrogens is 266 g/mol. The van der Waals surface area contributed by atoms with Gasteiger partial charge in [0.2, 0.25) is 5.91 Å². The lowest BCUT2D eigenvalue weighted by atomic mass is 10.1. The van der Waals surface area contributed by atoms with Crippen LogP contribution in [0.1, 0.15) is 22.1 Å². The van der Waals surface area contributed by atoms with Crippen molar-refractivity contribution < 1.29 is 9.59 Å². The molecule has 0 bridgehead atoms. The number of hydrogen-bond acceptors (Lipinski definition) is 3. The van der Waals surface area contributed by atoms with Gasteiger partial charge in [-0.25, -0.2) is 0 Å². The van der Waals surface area contributed by atoms with E-state index < -0.39 is 0 Å². The molecule has 2 heterocycles. The second-order valence-corrected chi connectivity index (χ2v) is 5.54. The summed E-state index contributed by atoms with van der Waals surface area (Å²) in [6.45, 7) is 4.74. The first-order valence-electron chi connectivity index (χ1n) is 7.17. The summed E-state index contributed by atoms with van der Waals surface area (Å²) < 4.78 is 1.55. The third kappa shape index (κ3) is 2.45. The van der Waals surface area contributed by atoms with Crippen LogP contribution in [0.4, 0.5) is 0 Å². The monoisotopic (exact) mass is 285 g/mol. The molecule has 0 N–H and O–H groups in total. The number of hydrogen-bond donors (Lipinski definition) is 0. The molecule has 3 rings (SSSR count). The van der Waals surface area contributed by atoms with Gasteiger partial charge in [0.1, 0.15) is 0 Å². The molecule has 1 aliphatic rings. The molecular formula is C16H19N3O2. The van der Waals surface area contributed by atoms with Crippen molar-refractivity contribution in [3.63, 3.8) is 0 Å². The molecule has 110 valence electrons. The van der Waals surface area contributed by atoms with E-state index >= 15 is 0 Å². The molecule has 0 radical (unpaired) electrons. The summed E-state index contributed by atoms with van der Waals surface area (Å²) in [5.74, 6) is -0.0667. The van der Waals surface area contributed by atoms with Crippen LogP contribution < -0.4 is 0 Å². The fraction of sp³-hybridized carbons (Fsp3) is 0.375. The second kappa shape index (κ2) is 5.33. The maximum atomic E-state index is 12.7. The number of benzene rings is 1. The van der Waals surface area contributed by atoms with Crippen molar-refractivity contribution in [3.8, 4) is 0 Å². The predicted octanol–water partition coefficient (Wildman–Crippen LogP) is 1.69. The maximum Gasteiger partial charge on any atom is 0.256 e. The van der Waals surface area contributed by atoms with Crippen molar-refractivity contribution in [3.05, 3.63) is 36.0 Å². The molecule has 5 heteroatoms. The minimum Gasteiger partial charge on any atom is -0.336 e. The molecule has 21 heavy (non-hydrogen) atoms. The number of para-hydroxylation sites is 1. The Hall–Kier alpha value is -2.14. The van der Waals surface area contributed by atoms with Gasteiger partial charge in [-0.1, -0.05) is 18.2 Å². The predicted molar refractivity (Wildman–Crippen MR) is 81.6 cm³/mol. The molecule has 1 amide bonds. The molecule has 2 aromatic rings. The lowest BCUT2D eigenvalue weighted by Crippen LogP contribution is -2.47. The molecule has 0 unspecified atom stereocenters. The van der Waals surface area contributed by atoms with Crippen LogP contribution in [0.5, 0.6) is 0 Å². The summed E-state index contributed by atoms with van der Waals surface area (Å²) in [6, 6.07) is 7.55. The van der Waals surface area contributed by atoms with E-state index in [0.29, 0.717) is 5.56 Å². The van der Waals surface area contributed by atoms with Crippen LogP contribution >= 0.6 is 0 Å². The number of likely N-dealkylation sites (N-methyl/N-ethyl adjacent to an activating group) is 1. The molecule has 1 aromatic carbocycles. The lowest BCUT2D eigenvalue weighted by molar-refractivity contribution is 0.0666. The highest BCUT2D eigenvalue weighted by atomic mass is 16.2. The maximum absolute atomic E-state index is 12.7. The first kappa shape index (κ1) is 13.8. The van der Waals surface area contributed by atoms with E-state index in [-0.39, 0.29) is 11.8 Å². The summed E-state index contributed by atoms with van der Waals surface area (Å²) in [5.41, 5.74) is 1.41. The third-order valence-electron chi connectivity index (χ3n) is 4.07. The molecule has 5 nitrogen and oxygen atoms in total. The first-order valence-corrected chi connectivity index (χ1v) is 7.17. The Balaban J connectivity index is 2.00. The van der Waals surface area contributed by atoms with Crippen LogP contribution in [0, 0.1) is 0 Å². The smallest absolute Gasteiger partial charge is 0.256 e. The fourth-order valence-electron chi connectivity index (χ4n) is 2.79. The Morgan fingerprint density at radius 2 is 1.71 bits per heavy atom. The average Bonchev–Trinajstić information content (AvgIpc) is 2.87. The number of piperazine rings is 1. The standard InChI is InChI=1S/C16H19N3O2/c1-12(20)19-11-14(13-5-3-4-6-15(13)19)16(21)18-9-7-17(2)8-10-18/h3-6,11H,7-10H2,1-2H3. The Morgan fingerprint density at radius 1 is 1.05 bits per heavy atom. The molecule has 1 aliphatic heterocycles.